The van der Waals surface area contributed by atoms with Crippen molar-refractivity contribution in [1.82, 2.24) is 0 Å². The molecule has 2 N–H and O–H groups in total. The number of Topliss-reactive ketones (excluding diaryl/α,β-unsaturated/α-hetero) is 1. The van der Waals surface area contributed by atoms with Gasteiger partial charge in [-0.05, 0) is 38.0 Å². The van der Waals surface area contributed by atoms with Crippen molar-refractivity contribution in [3.63, 3.8) is 0 Å². The number of hydrogen-bond donors (Lipinski definition) is 1. The highest BCUT2D eigenvalue weighted by Gasteiger charge is 2.26. The van der Waals surface area contributed by atoms with Gasteiger partial charge in [0.1, 0.15) is 0 Å². The third-order valence-electron chi connectivity index (χ3n) is 3.81. The van der Waals surface area contributed by atoms with Crippen LogP contribution in [0.3, 0.4) is 0 Å². The normalized spacial score (nSPS) is 20.7. The summed E-state index contributed by atoms with van der Waals surface area (Å²) in [5.41, 5.74) is 6.90. The summed E-state index contributed by atoms with van der Waals surface area (Å²) in [6.45, 7) is 4.20. The van der Waals surface area contributed by atoms with Crippen LogP contribution >= 0.6 is 0 Å². The molecule has 0 saturated heterocycles. The Morgan fingerprint density at radius 2 is 1.94 bits per heavy atom. The van der Waals surface area contributed by atoms with Crippen LogP contribution < -0.4 is 5.73 Å². The van der Waals surface area contributed by atoms with Crippen LogP contribution in [0.2, 0.25) is 0 Å². The van der Waals surface area contributed by atoms with Gasteiger partial charge >= 0.3 is 0 Å². The standard InChI is InChI=1S/C15H25NO2/c1-3-5-8-11(4-2)14(15(16)18)12-9-6-7-10-13(12)17/h11H,3-10H2,1-2H3,(H2,16,18)/b14-12+. The van der Waals surface area contributed by atoms with Gasteiger partial charge in [0.05, 0.1) is 0 Å². The zero-order chi connectivity index (χ0) is 13.5. The fourth-order valence-corrected chi connectivity index (χ4v) is 2.76. The maximum atomic E-state index is 12.0. The van der Waals surface area contributed by atoms with Gasteiger partial charge in [-0.15, -0.1) is 0 Å². The van der Waals surface area contributed by atoms with Crippen LogP contribution in [0.1, 0.15) is 65.2 Å². The van der Waals surface area contributed by atoms with Crippen molar-refractivity contribution in [1.29, 1.82) is 0 Å². The Bertz CT molecular complexity index is 344. The second kappa shape index (κ2) is 7.34. The lowest BCUT2D eigenvalue weighted by molar-refractivity contribution is -0.118. The van der Waals surface area contributed by atoms with Crippen LogP contribution in [-0.4, -0.2) is 11.7 Å². The quantitative estimate of drug-likeness (QED) is 0.737. The van der Waals surface area contributed by atoms with Crippen LogP contribution in [-0.2, 0) is 9.59 Å². The van der Waals surface area contributed by atoms with Crippen LogP contribution in [0.5, 0.6) is 0 Å². The van der Waals surface area contributed by atoms with Crippen molar-refractivity contribution in [3.8, 4) is 0 Å². The van der Waals surface area contributed by atoms with E-state index in [1.165, 1.54) is 0 Å². The van der Waals surface area contributed by atoms with Gasteiger partial charge in [0.2, 0.25) is 5.91 Å². The second-order valence-corrected chi connectivity index (χ2v) is 5.13. The van der Waals surface area contributed by atoms with E-state index in [1.807, 2.05) is 0 Å². The maximum Gasteiger partial charge on any atom is 0.245 e. The van der Waals surface area contributed by atoms with Gasteiger partial charge in [0.15, 0.2) is 5.78 Å². The number of allylic oxidation sites excluding steroid dienone is 1. The second-order valence-electron chi connectivity index (χ2n) is 5.13. The molecule has 0 heterocycles. The molecule has 0 aromatic carbocycles. The first kappa shape index (κ1) is 14.9. The molecule has 0 aliphatic heterocycles. The number of primary amides is 1. The van der Waals surface area contributed by atoms with E-state index in [4.69, 9.17) is 5.73 Å². The average Bonchev–Trinajstić information content (AvgIpc) is 2.35. The molecule has 1 atom stereocenters. The maximum absolute atomic E-state index is 12.0. The van der Waals surface area contributed by atoms with Crippen molar-refractivity contribution in [2.45, 2.75) is 65.2 Å². The molecule has 1 rings (SSSR count). The Kier molecular flexibility index (Phi) is 6.10. The minimum Gasteiger partial charge on any atom is -0.366 e. The molecule has 0 spiro atoms. The van der Waals surface area contributed by atoms with E-state index in [0.29, 0.717) is 12.0 Å². The van der Waals surface area contributed by atoms with E-state index in [9.17, 15) is 9.59 Å². The Labute approximate surface area is 110 Å². The Morgan fingerprint density at radius 1 is 1.28 bits per heavy atom. The number of hydrogen-bond acceptors (Lipinski definition) is 2. The van der Waals surface area contributed by atoms with E-state index in [0.717, 1.165) is 50.5 Å². The minimum absolute atomic E-state index is 0.144. The monoisotopic (exact) mass is 251 g/mol. The van der Waals surface area contributed by atoms with E-state index in [-0.39, 0.29) is 17.6 Å². The van der Waals surface area contributed by atoms with Crippen molar-refractivity contribution in [2.24, 2.45) is 11.7 Å². The molecule has 1 unspecified atom stereocenters. The van der Waals surface area contributed by atoms with E-state index >= 15 is 0 Å². The number of rotatable bonds is 6. The smallest absolute Gasteiger partial charge is 0.245 e. The molecule has 0 aromatic heterocycles. The third kappa shape index (κ3) is 3.69. The molecule has 0 aromatic rings. The zero-order valence-electron chi connectivity index (χ0n) is 11.6. The molecule has 0 bridgehead atoms. The molecule has 1 saturated carbocycles. The van der Waals surface area contributed by atoms with Crippen molar-refractivity contribution in [2.75, 3.05) is 0 Å². The van der Waals surface area contributed by atoms with Crippen LogP contribution in [0.15, 0.2) is 11.1 Å². The first-order valence-corrected chi connectivity index (χ1v) is 7.17. The minimum atomic E-state index is -0.386. The van der Waals surface area contributed by atoms with Crippen LogP contribution in [0.4, 0.5) is 0 Å². The summed E-state index contributed by atoms with van der Waals surface area (Å²) < 4.78 is 0. The predicted octanol–water partition coefficient (Wildman–Crippen LogP) is 3.13. The molecule has 1 aliphatic rings. The van der Waals surface area contributed by atoms with Crippen LogP contribution in [0.25, 0.3) is 0 Å². The lowest BCUT2D eigenvalue weighted by atomic mass is 9.81. The number of carbonyl (C=O) groups is 2. The zero-order valence-corrected chi connectivity index (χ0v) is 11.6. The van der Waals surface area contributed by atoms with E-state index in [2.05, 4.69) is 13.8 Å². The van der Waals surface area contributed by atoms with Crippen molar-refractivity contribution in [3.05, 3.63) is 11.1 Å². The molecule has 1 aliphatic carbocycles. The summed E-state index contributed by atoms with van der Waals surface area (Å²) in [5.74, 6) is -0.0762. The Morgan fingerprint density at radius 3 is 2.44 bits per heavy atom. The van der Waals surface area contributed by atoms with E-state index < -0.39 is 0 Å². The highest BCUT2D eigenvalue weighted by atomic mass is 16.1. The molecule has 102 valence electrons. The summed E-state index contributed by atoms with van der Waals surface area (Å²) >= 11 is 0. The average molecular weight is 251 g/mol. The number of amides is 1. The highest BCUT2D eigenvalue weighted by Crippen LogP contribution is 2.30. The third-order valence-corrected chi connectivity index (χ3v) is 3.81. The van der Waals surface area contributed by atoms with Gasteiger partial charge in [-0.3, -0.25) is 9.59 Å². The topological polar surface area (TPSA) is 60.2 Å². The fraction of sp³-hybridized carbons (Fsp3) is 0.733. The molecule has 3 heteroatoms. The van der Waals surface area contributed by atoms with Crippen LogP contribution in [0, 0.1) is 5.92 Å². The van der Waals surface area contributed by atoms with Gasteiger partial charge in [-0.2, -0.15) is 0 Å². The first-order valence-electron chi connectivity index (χ1n) is 7.17. The first-order chi connectivity index (χ1) is 8.61. The van der Waals surface area contributed by atoms with E-state index in [1.54, 1.807) is 0 Å². The lowest BCUT2D eigenvalue weighted by Crippen LogP contribution is -2.26. The number of carbonyl (C=O) groups excluding carboxylic acids is 2. The van der Waals surface area contributed by atoms with Gasteiger partial charge < -0.3 is 5.73 Å². The summed E-state index contributed by atoms with van der Waals surface area (Å²) in [6.07, 6.45) is 7.29. The van der Waals surface area contributed by atoms with Crippen molar-refractivity contribution >= 4 is 11.7 Å². The summed E-state index contributed by atoms with van der Waals surface area (Å²) in [4.78, 5) is 23.7. The highest BCUT2D eigenvalue weighted by molar-refractivity contribution is 6.05. The fourth-order valence-electron chi connectivity index (χ4n) is 2.76. The number of ketones is 1. The molecule has 1 amide bonds. The summed E-state index contributed by atoms with van der Waals surface area (Å²) in [6, 6.07) is 0. The Hall–Kier alpha value is -1.12. The molecule has 0 radical (unpaired) electrons. The molecular formula is C15H25NO2. The summed E-state index contributed by atoms with van der Waals surface area (Å²) in [5, 5.41) is 0. The van der Waals surface area contributed by atoms with Crippen molar-refractivity contribution < 1.29 is 9.59 Å². The summed E-state index contributed by atoms with van der Waals surface area (Å²) in [7, 11) is 0. The van der Waals surface area contributed by atoms with Gasteiger partial charge in [0, 0.05) is 17.6 Å². The molecule has 3 nitrogen and oxygen atoms in total. The molecular weight excluding hydrogens is 226 g/mol. The lowest BCUT2D eigenvalue weighted by Gasteiger charge is -2.22. The number of nitrogens with two attached hydrogens (primary N) is 1. The SMILES string of the molecule is CCCCC(CC)/C(C(N)=O)=C1/CCCCC1=O. The molecule has 18 heavy (non-hydrogen) atoms. The largest absolute Gasteiger partial charge is 0.366 e. The Balaban J connectivity index is 3.01. The predicted molar refractivity (Wildman–Crippen MR) is 73.0 cm³/mol. The van der Waals surface area contributed by atoms with Gasteiger partial charge in [-0.1, -0.05) is 26.7 Å². The van der Waals surface area contributed by atoms with Gasteiger partial charge in [-0.25, -0.2) is 0 Å². The molecule has 1 fully saturated rings. The van der Waals surface area contributed by atoms with Gasteiger partial charge in [0.25, 0.3) is 0 Å². The number of unbranched alkanes of at least 4 members (excludes halogenated alkanes) is 1.